The van der Waals surface area contributed by atoms with E-state index in [1.165, 1.54) is 83.0 Å². The highest BCUT2D eigenvalue weighted by Crippen LogP contribution is 2.50. The van der Waals surface area contributed by atoms with Crippen LogP contribution in [-0.4, -0.2) is 10.6 Å². The molecule has 1 atom stereocenters. The highest BCUT2D eigenvalue weighted by atomic mass is 16.3. The molecule has 49 heavy (non-hydrogen) atoms. The predicted octanol–water partition coefficient (Wildman–Crippen LogP) is 12.0. The Morgan fingerprint density at radius 3 is 2.24 bits per heavy atom. The molecule has 0 bridgehead atoms. The molecule has 0 saturated heterocycles. The van der Waals surface area contributed by atoms with Crippen molar-refractivity contribution in [2.45, 2.75) is 25.3 Å². The maximum Gasteiger partial charge on any atom is 0.136 e. The lowest BCUT2D eigenvalue weighted by molar-refractivity contribution is 0.601. The Bertz CT molecular complexity index is 2770. The van der Waals surface area contributed by atoms with E-state index in [-0.39, 0.29) is 0 Å². The van der Waals surface area contributed by atoms with E-state index in [4.69, 9.17) is 4.42 Å². The number of nitrogens with zero attached hydrogens (tertiary/aromatic N) is 2. The van der Waals surface area contributed by atoms with Crippen LogP contribution in [0.25, 0.3) is 71.7 Å². The minimum Gasteiger partial charge on any atom is -0.456 e. The van der Waals surface area contributed by atoms with Gasteiger partial charge in [0.2, 0.25) is 0 Å². The van der Waals surface area contributed by atoms with E-state index in [2.05, 4.69) is 155 Å². The molecule has 0 radical (unpaired) electrons. The van der Waals surface area contributed by atoms with E-state index < -0.39 is 0 Å². The van der Waals surface area contributed by atoms with Crippen LogP contribution in [0.1, 0.15) is 17.5 Å². The highest BCUT2D eigenvalue weighted by molar-refractivity contribution is 6.14. The average molecular weight is 629 g/mol. The quantitative estimate of drug-likeness (QED) is 0.194. The van der Waals surface area contributed by atoms with Gasteiger partial charge in [-0.1, -0.05) is 97.1 Å². The van der Waals surface area contributed by atoms with Crippen molar-refractivity contribution in [3.63, 3.8) is 0 Å². The number of furan rings is 1. The van der Waals surface area contributed by atoms with Gasteiger partial charge in [0.1, 0.15) is 11.2 Å². The van der Waals surface area contributed by atoms with E-state index in [0.29, 0.717) is 6.04 Å². The maximum atomic E-state index is 6.23. The van der Waals surface area contributed by atoms with Crippen molar-refractivity contribution < 1.29 is 4.42 Å². The number of fused-ring (bicyclic) bond motifs is 12. The summed E-state index contributed by atoms with van der Waals surface area (Å²) in [5.41, 5.74) is 16.2. The fourth-order valence-corrected chi connectivity index (χ4v) is 8.89. The number of rotatable bonds is 3. The molecule has 232 valence electrons. The molecule has 2 aliphatic heterocycles. The number of anilines is 2. The second-order valence-corrected chi connectivity index (χ2v) is 13.6. The molecule has 0 fully saturated rings. The van der Waals surface area contributed by atoms with Crippen LogP contribution in [0.5, 0.6) is 0 Å². The summed E-state index contributed by atoms with van der Waals surface area (Å²) in [6.45, 7) is 0. The molecule has 1 unspecified atom stereocenters. The fourth-order valence-electron chi connectivity index (χ4n) is 8.89. The minimum absolute atomic E-state index is 0.462. The Balaban J connectivity index is 1.05. The molecule has 4 heterocycles. The second-order valence-electron chi connectivity index (χ2n) is 13.6. The molecule has 11 rings (SSSR count). The molecule has 2 aromatic heterocycles. The number of hydrogen-bond acceptors (Lipinski definition) is 2. The first-order valence-corrected chi connectivity index (χ1v) is 17.3. The molecule has 7 aromatic carbocycles. The first-order chi connectivity index (χ1) is 24.3. The number of para-hydroxylation sites is 2. The maximum absolute atomic E-state index is 6.23. The second kappa shape index (κ2) is 10.2. The van der Waals surface area contributed by atoms with Gasteiger partial charge in [0.05, 0.1) is 11.0 Å². The molecular weight excluding hydrogens is 597 g/mol. The Morgan fingerprint density at radius 1 is 0.531 bits per heavy atom. The molecule has 0 saturated carbocycles. The summed E-state index contributed by atoms with van der Waals surface area (Å²) in [5, 5.41) is 5.10. The van der Waals surface area contributed by atoms with Crippen molar-refractivity contribution in [3.8, 4) is 27.9 Å². The van der Waals surface area contributed by atoms with Crippen molar-refractivity contribution in [1.29, 1.82) is 0 Å². The SMILES string of the molecule is c1ccc(-c2cccc(-n3c4ccccc4c4c5c(ccc43)N3c4ccc(-c6cccc7oc8ccccc8c67)cc4CCC3C5)c2)cc1. The first kappa shape index (κ1) is 26.9. The van der Waals surface area contributed by atoms with Gasteiger partial charge >= 0.3 is 0 Å². The third-order valence-electron chi connectivity index (χ3n) is 11.0. The zero-order chi connectivity index (χ0) is 32.1. The topological polar surface area (TPSA) is 21.3 Å². The van der Waals surface area contributed by atoms with Crippen LogP contribution < -0.4 is 4.90 Å². The van der Waals surface area contributed by atoms with Crippen molar-refractivity contribution in [2.24, 2.45) is 0 Å². The van der Waals surface area contributed by atoms with Gasteiger partial charge in [0, 0.05) is 44.6 Å². The van der Waals surface area contributed by atoms with E-state index in [0.717, 1.165) is 30.4 Å². The van der Waals surface area contributed by atoms with Gasteiger partial charge in [0.25, 0.3) is 0 Å². The van der Waals surface area contributed by atoms with E-state index in [9.17, 15) is 0 Å². The van der Waals surface area contributed by atoms with Crippen molar-refractivity contribution in [3.05, 3.63) is 163 Å². The number of aryl methyl sites for hydroxylation is 1. The highest BCUT2D eigenvalue weighted by Gasteiger charge is 2.36. The van der Waals surface area contributed by atoms with Gasteiger partial charge in [0.15, 0.2) is 0 Å². The Labute approximate surface area is 284 Å². The lowest BCUT2D eigenvalue weighted by atomic mass is 9.91. The van der Waals surface area contributed by atoms with Crippen LogP contribution in [0.4, 0.5) is 11.4 Å². The molecule has 2 aliphatic rings. The predicted molar refractivity (Wildman–Crippen MR) is 203 cm³/mol. The van der Waals surface area contributed by atoms with Gasteiger partial charge in [-0.15, -0.1) is 0 Å². The summed E-state index contributed by atoms with van der Waals surface area (Å²) in [6.07, 6.45) is 3.28. The molecule has 0 aliphatic carbocycles. The summed E-state index contributed by atoms with van der Waals surface area (Å²) in [5.74, 6) is 0. The molecule has 0 N–H and O–H groups in total. The fraction of sp³-hybridized carbons (Fsp3) is 0.0870. The molecule has 0 amide bonds. The van der Waals surface area contributed by atoms with Crippen molar-refractivity contribution >= 4 is 55.1 Å². The third kappa shape index (κ3) is 3.90. The molecule has 3 nitrogen and oxygen atoms in total. The first-order valence-electron chi connectivity index (χ1n) is 17.3. The third-order valence-corrected chi connectivity index (χ3v) is 11.0. The zero-order valence-electron chi connectivity index (χ0n) is 26.9. The number of aromatic nitrogens is 1. The van der Waals surface area contributed by atoms with E-state index >= 15 is 0 Å². The van der Waals surface area contributed by atoms with E-state index in [1.807, 2.05) is 6.07 Å². The van der Waals surface area contributed by atoms with Gasteiger partial charge in [-0.3, -0.25) is 0 Å². The number of benzene rings is 7. The Morgan fingerprint density at radius 2 is 1.31 bits per heavy atom. The summed E-state index contributed by atoms with van der Waals surface area (Å²) >= 11 is 0. The zero-order valence-corrected chi connectivity index (χ0v) is 26.9. The Hall–Kier alpha value is -6.06. The van der Waals surface area contributed by atoms with Gasteiger partial charge in [-0.05, 0) is 107 Å². The van der Waals surface area contributed by atoms with Gasteiger partial charge in [-0.25, -0.2) is 0 Å². The average Bonchev–Trinajstić information content (AvgIpc) is 3.84. The van der Waals surface area contributed by atoms with Gasteiger partial charge in [-0.2, -0.15) is 0 Å². The smallest absolute Gasteiger partial charge is 0.136 e. The minimum atomic E-state index is 0.462. The molecule has 9 aromatic rings. The monoisotopic (exact) mass is 628 g/mol. The van der Waals surface area contributed by atoms with E-state index in [1.54, 1.807) is 0 Å². The normalized spacial score (nSPS) is 15.3. The molecule has 0 spiro atoms. The summed E-state index contributed by atoms with van der Waals surface area (Å²) in [6, 6.07) is 55.8. The van der Waals surface area contributed by atoms with Crippen LogP contribution >= 0.6 is 0 Å². The Kier molecular flexibility index (Phi) is 5.62. The lowest BCUT2D eigenvalue weighted by Gasteiger charge is -2.34. The largest absolute Gasteiger partial charge is 0.456 e. The van der Waals surface area contributed by atoms with Crippen LogP contribution in [0.2, 0.25) is 0 Å². The summed E-state index contributed by atoms with van der Waals surface area (Å²) in [7, 11) is 0. The van der Waals surface area contributed by atoms with Crippen molar-refractivity contribution in [2.75, 3.05) is 4.90 Å². The molecular formula is C46H32N2O. The van der Waals surface area contributed by atoms with Crippen molar-refractivity contribution in [1.82, 2.24) is 4.57 Å². The van der Waals surface area contributed by atoms with Crippen LogP contribution in [0, 0.1) is 0 Å². The summed E-state index contributed by atoms with van der Waals surface area (Å²) in [4.78, 5) is 2.65. The van der Waals surface area contributed by atoms with Crippen LogP contribution in [-0.2, 0) is 12.8 Å². The molecule has 3 heteroatoms. The standard InChI is InChI=1S/C46H32N2O/c1-2-10-29(11-3-1)30-12-8-13-33(27-30)48-40-17-6-4-14-36(40)45-38-28-34-22-20-32-26-31(21-23-39(32)47(34)41(38)24-25-42(45)48)35-16-9-19-44-46(35)37-15-5-7-18-43(37)49-44/h1-19,21,23-27,34H,20,22,28H2. The van der Waals surface area contributed by atoms with Crippen LogP contribution in [0.3, 0.4) is 0 Å². The summed E-state index contributed by atoms with van der Waals surface area (Å²) < 4.78 is 8.70. The lowest BCUT2D eigenvalue weighted by Crippen LogP contribution is -2.32. The van der Waals surface area contributed by atoms with Gasteiger partial charge < -0.3 is 13.9 Å². The number of hydrogen-bond donors (Lipinski definition) is 0. The van der Waals surface area contributed by atoms with Crippen LogP contribution in [0.15, 0.2) is 156 Å².